The fraction of sp³-hybridized carbons (Fsp3) is 0.0508. The topological polar surface area (TPSA) is 3.24 Å². The molecule has 1 spiro atoms. The summed E-state index contributed by atoms with van der Waals surface area (Å²) in [4.78, 5) is 2.59. The van der Waals surface area contributed by atoms with Crippen LogP contribution in [0.3, 0.4) is 0 Å². The molecule has 0 aromatic heterocycles. The number of rotatable bonds is 6. The van der Waals surface area contributed by atoms with Crippen LogP contribution in [0.25, 0.3) is 55.3 Å². The smallest absolute Gasteiger partial charge is 0.0558 e. The molecule has 60 heavy (non-hydrogen) atoms. The summed E-state index contributed by atoms with van der Waals surface area (Å²) < 4.78 is 0. The summed E-state index contributed by atoms with van der Waals surface area (Å²) in [5.74, 6) is 0.436. The van der Waals surface area contributed by atoms with E-state index in [0.29, 0.717) is 0 Å². The average Bonchev–Trinajstić information content (AvgIpc) is 3.80. The maximum atomic E-state index is 2.59. The van der Waals surface area contributed by atoms with Crippen LogP contribution in [0.15, 0.2) is 237 Å². The highest BCUT2D eigenvalue weighted by molar-refractivity contribution is 6.06. The zero-order valence-corrected chi connectivity index (χ0v) is 33.1. The molecule has 0 N–H and O–H groups in total. The normalized spacial score (nSPS) is 16.3. The van der Waals surface area contributed by atoms with Gasteiger partial charge >= 0.3 is 0 Å². The number of allylic oxidation sites excluding steroid dienone is 4. The van der Waals surface area contributed by atoms with Gasteiger partial charge in [-0.05, 0) is 102 Å². The van der Waals surface area contributed by atoms with Crippen LogP contribution in [0.1, 0.15) is 28.2 Å². The third-order valence-corrected chi connectivity index (χ3v) is 13.3. The van der Waals surface area contributed by atoms with Crippen molar-refractivity contribution in [2.75, 3.05) is 4.90 Å². The van der Waals surface area contributed by atoms with Gasteiger partial charge < -0.3 is 4.90 Å². The van der Waals surface area contributed by atoms with Crippen molar-refractivity contribution in [3.05, 3.63) is 259 Å². The Morgan fingerprint density at radius 3 is 1.75 bits per heavy atom. The number of anilines is 3. The Morgan fingerprint density at radius 2 is 0.983 bits per heavy atom. The van der Waals surface area contributed by atoms with Crippen molar-refractivity contribution >= 4 is 27.8 Å². The lowest BCUT2D eigenvalue weighted by Gasteiger charge is -2.39. The van der Waals surface area contributed by atoms with Gasteiger partial charge in [0.05, 0.1) is 16.8 Å². The van der Waals surface area contributed by atoms with Crippen LogP contribution in [-0.4, -0.2) is 0 Å². The first-order valence-electron chi connectivity index (χ1n) is 21.1. The number of hydrogen-bond donors (Lipinski definition) is 0. The van der Waals surface area contributed by atoms with Crippen LogP contribution in [0.2, 0.25) is 0 Å². The van der Waals surface area contributed by atoms with Crippen molar-refractivity contribution in [1.82, 2.24) is 0 Å². The molecule has 282 valence electrons. The minimum Gasteiger partial charge on any atom is -0.309 e. The second kappa shape index (κ2) is 13.8. The van der Waals surface area contributed by atoms with Gasteiger partial charge in [-0.15, -0.1) is 0 Å². The maximum Gasteiger partial charge on any atom is 0.0558 e. The molecule has 12 rings (SSSR count). The number of nitrogens with zero attached hydrogens (tertiary/aromatic N) is 1. The Labute approximate surface area is 351 Å². The molecule has 0 bridgehead atoms. The zero-order valence-electron chi connectivity index (χ0n) is 33.1. The highest BCUT2D eigenvalue weighted by atomic mass is 15.2. The van der Waals surface area contributed by atoms with Crippen molar-refractivity contribution in [1.29, 1.82) is 0 Å². The third kappa shape index (κ3) is 5.12. The molecule has 3 aliphatic carbocycles. The van der Waals surface area contributed by atoms with Gasteiger partial charge in [0, 0.05) is 23.1 Å². The minimum atomic E-state index is -0.408. The Morgan fingerprint density at radius 1 is 0.400 bits per heavy atom. The fourth-order valence-corrected chi connectivity index (χ4v) is 10.9. The van der Waals surface area contributed by atoms with Crippen LogP contribution in [0.4, 0.5) is 17.1 Å². The molecule has 0 aliphatic heterocycles. The van der Waals surface area contributed by atoms with Gasteiger partial charge in [0.15, 0.2) is 0 Å². The van der Waals surface area contributed by atoms with Crippen LogP contribution in [-0.2, 0) is 5.41 Å². The van der Waals surface area contributed by atoms with Crippen molar-refractivity contribution in [3.8, 4) is 44.5 Å². The quantitative estimate of drug-likeness (QED) is 0.163. The van der Waals surface area contributed by atoms with Crippen LogP contribution in [0.5, 0.6) is 0 Å². The van der Waals surface area contributed by atoms with Gasteiger partial charge in [0.25, 0.3) is 0 Å². The minimum absolute atomic E-state index is 0.211. The second-order valence-electron chi connectivity index (χ2n) is 16.3. The van der Waals surface area contributed by atoms with Crippen LogP contribution < -0.4 is 4.90 Å². The first-order chi connectivity index (χ1) is 29.8. The summed E-state index contributed by atoms with van der Waals surface area (Å²) in [6, 6.07) is 78.8. The standard InChI is InChI=1S/C59H41N/c1-3-18-40(19-4-1)43-23-15-24-44(38-43)45-25-16-26-46(39-45)60(55-37-36-41-20-7-8-27-47(41)57(55)42-21-5-2-6-22-42)56-35-17-31-51-50-30-11-14-34-54(50)59(58(51)56)52-32-12-9-28-48(52)49-29-10-13-33-53(49)59/h1-39,50,54H. The van der Waals surface area contributed by atoms with E-state index in [1.807, 2.05) is 0 Å². The molecule has 3 aliphatic rings. The molecule has 2 atom stereocenters. The molecule has 2 unspecified atom stereocenters. The second-order valence-corrected chi connectivity index (χ2v) is 16.3. The molecule has 1 heteroatoms. The number of fused-ring (bicyclic) bond motifs is 11. The van der Waals surface area contributed by atoms with Gasteiger partial charge in [0.1, 0.15) is 0 Å². The first-order valence-corrected chi connectivity index (χ1v) is 21.1. The zero-order chi connectivity index (χ0) is 39.6. The van der Waals surface area contributed by atoms with E-state index < -0.39 is 5.41 Å². The Bertz CT molecular complexity index is 3130. The number of hydrogen-bond acceptors (Lipinski definition) is 1. The summed E-state index contributed by atoms with van der Waals surface area (Å²) in [5.41, 5.74) is 18.5. The van der Waals surface area contributed by atoms with E-state index in [4.69, 9.17) is 0 Å². The SMILES string of the molecule is C1=CC2c3cccc(N(c4cccc(-c5cccc(-c6ccccc6)c5)c4)c4ccc5ccccc5c4-c4ccccc4)c3C3(c4ccccc4-c4ccccc43)C2C=C1. The highest BCUT2D eigenvalue weighted by Gasteiger charge is 2.58. The van der Waals surface area contributed by atoms with Crippen molar-refractivity contribution in [2.24, 2.45) is 5.92 Å². The molecule has 1 nitrogen and oxygen atoms in total. The first kappa shape index (κ1) is 34.6. The largest absolute Gasteiger partial charge is 0.309 e. The van der Waals surface area contributed by atoms with Crippen LogP contribution in [0, 0.1) is 5.92 Å². The monoisotopic (exact) mass is 763 g/mol. The van der Waals surface area contributed by atoms with E-state index >= 15 is 0 Å². The highest BCUT2D eigenvalue weighted by Crippen LogP contribution is 2.67. The van der Waals surface area contributed by atoms with E-state index in [2.05, 4.69) is 242 Å². The predicted molar refractivity (Wildman–Crippen MR) is 251 cm³/mol. The lowest BCUT2D eigenvalue weighted by molar-refractivity contribution is 0.466. The molecule has 9 aromatic rings. The van der Waals surface area contributed by atoms with E-state index in [-0.39, 0.29) is 11.8 Å². The molecule has 0 saturated carbocycles. The molecule has 0 fully saturated rings. The fourth-order valence-electron chi connectivity index (χ4n) is 10.9. The van der Waals surface area contributed by atoms with Gasteiger partial charge in [-0.3, -0.25) is 0 Å². The molecular formula is C59H41N. The van der Waals surface area contributed by atoms with E-state index in [0.717, 1.165) is 11.4 Å². The van der Waals surface area contributed by atoms with Crippen molar-refractivity contribution in [3.63, 3.8) is 0 Å². The van der Waals surface area contributed by atoms with Gasteiger partial charge in [-0.1, -0.05) is 206 Å². The molecule has 0 amide bonds. The Hall–Kier alpha value is -7.48. The van der Waals surface area contributed by atoms with Crippen LogP contribution >= 0.6 is 0 Å². The third-order valence-electron chi connectivity index (χ3n) is 13.3. The molecular weight excluding hydrogens is 723 g/mol. The lowest BCUT2D eigenvalue weighted by atomic mass is 9.65. The molecule has 9 aromatic carbocycles. The number of benzene rings is 9. The predicted octanol–water partition coefficient (Wildman–Crippen LogP) is 15.5. The van der Waals surface area contributed by atoms with Gasteiger partial charge in [0.2, 0.25) is 0 Å². The summed E-state index contributed by atoms with van der Waals surface area (Å²) >= 11 is 0. The van der Waals surface area contributed by atoms with E-state index in [1.54, 1.807) is 0 Å². The molecule has 0 radical (unpaired) electrons. The van der Waals surface area contributed by atoms with Gasteiger partial charge in [-0.2, -0.15) is 0 Å². The molecule has 0 heterocycles. The van der Waals surface area contributed by atoms with E-state index in [9.17, 15) is 0 Å². The van der Waals surface area contributed by atoms with E-state index in [1.165, 1.54) is 83.2 Å². The van der Waals surface area contributed by atoms with Crippen molar-refractivity contribution < 1.29 is 0 Å². The summed E-state index contributed by atoms with van der Waals surface area (Å²) in [6.45, 7) is 0. The Kier molecular flexibility index (Phi) is 7.96. The Balaban J connectivity index is 1.17. The summed E-state index contributed by atoms with van der Waals surface area (Å²) in [6.07, 6.45) is 9.47. The summed E-state index contributed by atoms with van der Waals surface area (Å²) in [5, 5.41) is 2.46. The average molecular weight is 764 g/mol. The lowest BCUT2D eigenvalue weighted by Crippen LogP contribution is -2.34. The van der Waals surface area contributed by atoms with Gasteiger partial charge in [-0.25, -0.2) is 0 Å². The van der Waals surface area contributed by atoms with Crippen molar-refractivity contribution in [2.45, 2.75) is 11.3 Å². The maximum absolute atomic E-state index is 2.59. The molecule has 0 saturated heterocycles. The summed E-state index contributed by atoms with van der Waals surface area (Å²) in [7, 11) is 0.